The number of nitrogens with zero attached hydrogens (tertiary/aromatic N) is 1. The normalized spacial score (nSPS) is 17.5. The average molecular weight is 161 g/mol. The summed E-state index contributed by atoms with van der Waals surface area (Å²) in [5, 5.41) is 8.37. The highest BCUT2D eigenvalue weighted by Gasteiger charge is 2.16. The second kappa shape index (κ2) is 2.51. The van der Waals surface area contributed by atoms with Crippen molar-refractivity contribution in [2.45, 2.75) is 6.42 Å². The van der Waals surface area contributed by atoms with Gasteiger partial charge >= 0.3 is 0 Å². The van der Waals surface area contributed by atoms with Crippen LogP contribution in [0.25, 0.3) is 0 Å². The van der Waals surface area contributed by atoms with Gasteiger partial charge in [0, 0.05) is 18.8 Å². The minimum Gasteiger partial charge on any atom is -0.380 e. The molecule has 0 aromatic carbocycles. The summed E-state index contributed by atoms with van der Waals surface area (Å²) in [6, 6.07) is 0. The van der Waals surface area contributed by atoms with E-state index < -0.39 is 15.8 Å². The van der Waals surface area contributed by atoms with Crippen LogP contribution in [-0.2, 0) is 9.84 Å². The van der Waals surface area contributed by atoms with E-state index in [0.717, 1.165) is 0 Å². The van der Waals surface area contributed by atoms with Gasteiger partial charge in [0.15, 0.2) is 9.84 Å². The number of rotatable bonds is 2. The summed E-state index contributed by atoms with van der Waals surface area (Å²) in [5.74, 6) is -0.831. The van der Waals surface area contributed by atoms with E-state index in [9.17, 15) is 8.42 Å². The van der Waals surface area contributed by atoms with Crippen LogP contribution >= 0.6 is 0 Å². The highest BCUT2D eigenvalue weighted by molar-refractivity contribution is 7.95. The molecule has 0 radical (unpaired) electrons. The van der Waals surface area contributed by atoms with E-state index >= 15 is 0 Å². The lowest BCUT2D eigenvalue weighted by atomic mass is 10.5. The van der Waals surface area contributed by atoms with Crippen molar-refractivity contribution < 1.29 is 13.5 Å². The van der Waals surface area contributed by atoms with Gasteiger partial charge in [-0.25, -0.2) is 8.42 Å². The van der Waals surface area contributed by atoms with E-state index in [2.05, 4.69) is 4.99 Å². The lowest BCUT2D eigenvalue weighted by Crippen LogP contribution is -2.07. The Morgan fingerprint density at radius 1 is 1.70 bits per heavy atom. The number of allylic oxidation sites excluding steroid dienone is 1. The summed E-state index contributed by atoms with van der Waals surface area (Å²) in [5.41, 5.74) is 0. The molecule has 0 unspecified atom stereocenters. The fourth-order valence-electron chi connectivity index (χ4n) is 0.621. The highest BCUT2D eigenvalue weighted by Crippen LogP contribution is 2.13. The van der Waals surface area contributed by atoms with Crippen molar-refractivity contribution in [3.63, 3.8) is 0 Å². The molecule has 0 bridgehead atoms. The van der Waals surface area contributed by atoms with Crippen LogP contribution in [0.15, 0.2) is 16.1 Å². The molecule has 0 saturated carbocycles. The maximum atomic E-state index is 10.8. The molecular weight excluding hydrogens is 154 g/mol. The second-order valence-electron chi connectivity index (χ2n) is 1.88. The monoisotopic (exact) mass is 161 g/mol. The summed E-state index contributed by atoms with van der Waals surface area (Å²) in [6.07, 6.45) is 3.05. The molecule has 10 heavy (non-hydrogen) atoms. The molecule has 1 heterocycles. The topological polar surface area (TPSA) is 66.7 Å². The van der Waals surface area contributed by atoms with Crippen LogP contribution in [0, 0.1) is 0 Å². The molecule has 0 aliphatic carbocycles. The molecule has 56 valence electrons. The number of sulfone groups is 1. The Morgan fingerprint density at radius 3 is 2.80 bits per heavy atom. The van der Waals surface area contributed by atoms with Gasteiger partial charge in [-0.2, -0.15) is 0 Å². The second-order valence-corrected chi connectivity index (χ2v) is 3.89. The third-order valence-corrected chi connectivity index (χ3v) is 2.60. The van der Waals surface area contributed by atoms with Crippen molar-refractivity contribution in [2.24, 2.45) is 4.99 Å². The Morgan fingerprint density at radius 2 is 2.40 bits per heavy atom. The van der Waals surface area contributed by atoms with Crippen molar-refractivity contribution >= 4 is 16.1 Å². The molecule has 1 rings (SSSR count). The molecule has 1 aliphatic heterocycles. The van der Waals surface area contributed by atoms with Gasteiger partial charge in [-0.05, 0) is 0 Å². The number of aliphatic hydroxyl groups excluding tert-OH is 1. The van der Waals surface area contributed by atoms with Gasteiger partial charge in [0.2, 0.25) is 0 Å². The van der Waals surface area contributed by atoms with Gasteiger partial charge < -0.3 is 5.11 Å². The first-order valence-corrected chi connectivity index (χ1v) is 4.36. The minimum atomic E-state index is -3.41. The third kappa shape index (κ3) is 1.25. The van der Waals surface area contributed by atoms with Crippen molar-refractivity contribution in [3.05, 3.63) is 11.1 Å². The molecule has 0 aromatic heterocycles. The maximum Gasteiger partial charge on any atom is 0.200 e. The first-order chi connectivity index (χ1) is 4.67. The quantitative estimate of drug-likeness (QED) is 0.602. The number of aliphatic hydroxyl groups is 1. The molecule has 0 amide bonds. The SMILES string of the molecule is O=S(=O)(CO)C1=CN=CC1. The van der Waals surface area contributed by atoms with Crippen LogP contribution in [-0.4, -0.2) is 25.7 Å². The van der Waals surface area contributed by atoms with Gasteiger partial charge in [0.1, 0.15) is 5.94 Å². The van der Waals surface area contributed by atoms with Crippen molar-refractivity contribution in [3.8, 4) is 0 Å². The predicted octanol–water partition coefficient (Wildman–Crippen LogP) is -0.333. The van der Waals surface area contributed by atoms with E-state index in [1.54, 1.807) is 0 Å². The molecule has 0 fully saturated rings. The van der Waals surface area contributed by atoms with Gasteiger partial charge in [-0.15, -0.1) is 0 Å². The van der Waals surface area contributed by atoms with Crippen LogP contribution in [0.4, 0.5) is 0 Å². The van der Waals surface area contributed by atoms with Crippen molar-refractivity contribution in [1.82, 2.24) is 0 Å². The van der Waals surface area contributed by atoms with E-state index in [0.29, 0.717) is 6.42 Å². The molecule has 1 aliphatic rings. The lowest BCUT2D eigenvalue weighted by Gasteiger charge is -1.96. The molecule has 0 aromatic rings. The summed E-state index contributed by atoms with van der Waals surface area (Å²) in [6.45, 7) is 0. The molecular formula is C5H7NO3S. The number of hydrogen-bond donors (Lipinski definition) is 1. The zero-order chi connectivity index (χ0) is 7.61. The van der Waals surface area contributed by atoms with E-state index in [1.807, 2.05) is 0 Å². The summed E-state index contributed by atoms with van der Waals surface area (Å²) in [4.78, 5) is 3.79. The standard InChI is InChI=1S/C5H7NO3S/c7-4-10(8,9)5-1-2-6-3-5/h2-3,7H,1,4H2. The van der Waals surface area contributed by atoms with Gasteiger partial charge in [0.25, 0.3) is 0 Å². The Balaban J connectivity index is 2.87. The Bertz CT molecular complexity index is 275. The third-order valence-electron chi connectivity index (χ3n) is 1.19. The smallest absolute Gasteiger partial charge is 0.200 e. The average Bonchev–Trinajstić information content (AvgIpc) is 2.38. The summed E-state index contributed by atoms with van der Waals surface area (Å²) >= 11 is 0. The minimum absolute atomic E-state index is 0.190. The van der Waals surface area contributed by atoms with E-state index in [-0.39, 0.29) is 4.91 Å². The van der Waals surface area contributed by atoms with Gasteiger partial charge in [-0.3, -0.25) is 4.99 Å². The fraction of sp³-hybridized carbons (Fsp3) is 0.400. The summed E-state index contributed by atoms with van der Waals surface area (Å²) in [7, 11) is -3.41. The molecule has 0 atom stereocenters. The number of hydrogen-bond acceptors (Lipinski definition) is 4. The predicted molar refractivity (Wildman–Crippen MR) is 37.2 cm³/mol. The van der Waals surface area contributed by atoms with Crippen LogP contribution in [0.2, 0.25) is 0 Å². The van der Waals surface area contributed by atoms with Gasteiger partial charge in [-0.1, -0.05) is 0 Å². The summed E-state index contributed by atoms with van der Waals surface area (Å²) < 4.78 is 21.6. The molecule has 1 N–H and O–H groups in total. The van der Waals surface area contributed by atoms with Crippen LogP contribution in [0.1, 0.15) is 6.42 Å². The fourth-order valence-corrected chi connectivity index (χ4v) is 1.34. The molecule has 0 spiro atoms. The Hall–Kier alpha value is -0.680. The maximum absolute atomic E-state index is 10.8. The van der Waals surface area contributed by atoms with Crippen LogP contribution in [0.5, 0.6) is 0 Å². The zero-order valence-corrected chi connectivity index (χ0v) is 6.00. The zero-order valence-electron chi connectivity index (χ0n) is 5.19. The highest BCUT2D eigenvalue weighted by atomic mass is 32.2. The van der Waals surface area contributed by atoms with Crippen molar-refractivity contribution in [1.29, 1.82) is 0 Å². The Kier molecular flexibility index (Phi) is 1.87. The van der Waals surface area contributed by atoms with E-state index in [4.69, 9.17) is 5.11 Å². The van der Waals surface area contributed by atoms with Crippen LogP contribution < -0.4 is 0 Å². The van der Waals surface area contributed by atoms with Gasteiger partial charge in [0.05, 0.1) is 4.91 Å². The first-order valence-electron chi connectivity index (χ1n) is 2.71. The molecule has 0 saturated heterocycles. The first kappa shape index (κ1) is 7.43. The molecule has 5 heteroatoms. The van der Waals surface area contributed by atoms with Crippen molar-refractivity contribution in [2.75, 3.05) is 5.94 Å². The van der Waals surface area contributed by atoms with E-state index in [1.165, 1.54) is 12.4 Å². The lowest BCUT2D eigenvalue weighted by molar-refractivity contribution is 0.360. The largest absolute Gasteiger partial charge is 0.380 e. The molecule has 4 nitrogen and oxygen atoms in total. The number of aliphatic imine (C=N–C) groups is 1. The Labute approximate surface area is 58.8 Å². The van der Waals surface area contributed by atoms with Crippen LogP contribution in [0.3, 0.4) is 0 Å².